The maximum Gasteiger partial charge on any atom is 0.123 e. The number of benzene rings is 1. The molecule has 2 heterocycles. The van der Waals surface area contributed by atoms with Crippen molar-refractivity contribution in [3.05, 3.63) is 42.6 Å². The van der Waals surface area contributed by atoms with Crippen molar-refractivity contribution >= 4 is 0 Å². The van der Waals surface area contributed by atoms with Crippen molar-refractivity contribution < 1.29 is 4.39 Å². The molecule has 1 aromatic heterocycles. The first kappa shape index (κ1) is 11.4. The molecule has 2 aromatic rings. The zero-order valence-corrected chi connectivity index (χ0v) is 10.1. The molecule has 0 amide bonds. The molecule has 0 aliphatic carbocycles. The lowest BCUT2D eigenvalue weighted by Gasteiger charge is -2.13. The Morgan fingerprint density at radius 3 is 3.17 bits per heavy atom. The van der Waals surface area contributed by atoms with Crippen LogP contribution in [0, 0.1) is 5.82 Å². The van der Waals surface area contributed by atoms with Gasteiger partial charge in [0.1, 0.15) is 5.82 Å². The summed E-state index contributed by atoms with van der Waals surface area (Å²) < 4.78 is 15.3. The van der Waals surface area contributed by atoms with Crippen LogP contribution in [-0.2, 0) is 6.54 Å². The Labute approximate surface area is 106 Å². The molecule has 0 saturated carbocycles. The summed E-state index contributed by atoms with van der Waals surface area (Å²) >= 11 is 0. The van der Waals surface area contributed by atoms with Crippen molar-refractivity contribution in [3.8, 4) is 11.3 Å². The second-order valence-electron chi connectivity index (χ2n) is 4.73. The predicted molar refractivity (Wildman–Crippen MR) is 68.6 cm³/mol. The highest BCUT2D eigenvalue weighted by molar-refractivity contribution is 5.58. The normalized spacial score (nSPS) is 19.3. The number of rotatable bonds is 3. The molecule has 1 aromatic carbocycles. The Bertz CT molecular complexity index is 529. The maximum absolute atomic E-state index is 13.3. The first-order valence-electron chi connectivity index (χ1n) is 6.32. The summed E-state index contributed by atoms with van der Waals surface area (Å²) in [7, 11) is 0. The number of halogens is 1. The largest absolute Gasteiger partial charge is 0.329 e. The molecule has 1 atom stereocenters. The topological polar surface area (TPSA) is 29.9 Å². The van der Waals surface area contributed by atoms with Gasteiger partial charge in [0.15, 0.2) is 0 Å². The number of nitrogens with zero attached hydrogens (tertiary/aromatic N) is 2. The van der Waals surface area contributed by atoms with Gasteiger partial charge in [-0.15, -0.1) is 0 Å². The summed E-state index contributed by atoms with van der Waals surface area (Å²) in [5, 5.41) is 3.46. The first-order chi connectivity index (χ1) is 8.83. The van der Waals surface area contributed by atoms with E-state index < -0.39 is 0 Å². The van der Waals surface area contributed by atoms with Crippen LogP contribution in [-0.4, -0.2) is 22.1 Å². The summed E-state index contributed by atoms with van der Waals surface area (Å²) in [5.74, 6) is -0.209. The predicted octanol–water partition coefficient (Wildman–Crippen LogP) is 2.44. The van der Waals surface area contributed by atoms with Crippen LogP contribution in [0.3, 0.4) is 0 Å². The Balaban J connectivity index is 1.86. The number of imidazole rings is 1. The van der Waals surface area contributed by atoms with Crippen molar-refractivity contribution in [1.29, 1.82) is 0 Å². The van der Waals surface area contributed by atoms with Crippen molar-refractivity contribution in [2.45, 2.75) is 25.4 Å². The molecule has 1 unspecified atom stereocenters. The smallest absolute Gasteiger partial charge is 0.123 e. The van der Waals surface area contributed by atoms with Crippen LogP contribution in [0.25, 0.3) is 11.3 Å². The highest BCUT2D eigenvalue weighted by Gasteiger charge is 2.16. The third-order valence-electron chi connectivity index (χ3n) is 3.41. The fourth-order valence-corrected chi connectivity index (χ4v) is 2.50. The molecule has 3 nitrogen and oxygen atoms in total. The second-order valence-corrected chi connectivity index (χ2v) is 4.73. The molecule has 18 heavy (non-hydrogen) atoms. The number of aromatic nitrogens is 2. The van der Waals surface area contributed by atoms with Crippen LogP contribution in [0.2, 0.25) is 0 Å². The molecule has 0 bridgehead atoms. The third kappa shape index (κ3) is 2.29. The molecular formula is C14H16FN3. The van der Waals surface area contributed by atoms with E-state index in [-0.39, 0.29) is 5.82 Å². The van der Waals surface area contributed by atoms with Crippen molar-refractivity contribution in [3.63, 3.8) is 0 Å². The first-order valence-corrected chi connectivity index (χ1v) is 6.32. The van der Waals surface area contributed by atoms with E-state index in [0.29, 0.717) is 6.04 Å². The van der Waals surface area contributed by atoms with Gasteiger partial charge < -0.3 is 9.88 Å². The molecule has 3 rings (SSSR count). The molecule has 1 aliphatic rings. The lowest BCUT2D eigenvalue weighted by molar-refractivity contribution is 0.511. The molecule has 1 fully saturated rings. The number of hydrogen-bond acceptors (Lipinski definition) is 2. The fourth-order valence-electron chi connectivity index (χ4n) is 2.50. The molecule has 1 N–H and O–H groups in total. The summed E-state index contributed by atoms with van der Waals surface area (Å²) in [4.78, 5) is 4.18. The highest BCUT2D eigenvalue weighted by Crippen LogP contribution is 2.21. The van der Waals surface area contributed by atoms with Gasteiger partial charge in [0, 0.05) is 18.2 Å². The Morgan fingerprint density at radius 1 is 1.44 bits per heavy atom. The molecule has 4 heteroatoms. The van der Waals surface area contributed by atoms with Crippen molar-refractivity contribution in [1.82, 2.24) is 14.9 Å². The summed E-state index contributed by atoms with van der Waals surface area (Å²) in [6, 6.07) is 7.17. The number of nitrogens with one attached hydrogen (secondary N) is 1. The Kier molecular flexibility index (Phi) is 3.11. The van der Waals surface area contributed by atoms with Gasteiger partial charge in [0.25, 0.3) is 0 Å². The molecular weight excluding hydrogens is 229 g/mol. The van der Waals surface area contributed by atoms with E-state index in [0.717, 1.165) is 24.3 Å². The van der Waals surface area contributed by atoms with Gasteiger partial charge in [0.05, 0.1) is 18.2 Å². The van der Waals surface area contributed by atoms with E-state index in [2.05, 4.69) is 14.9 Å². The Morgan fingerprint density at radius 2 is 2.39 bits per heavy atom. The summed E-state index contributed by atoms with van der Waals surface area (Å²) in [6.07, 6.45) is 6.04. The van der Waals surface area contributed by atoms with E-state index in [1.54, 1.807) is 18.3 Å². The third-order valence-corrected chi connectivity index (χ3v) is 3.41. The quantitative estimate of drug-likeness (QED) is 0.900. The lowest BCUT2D eigenvalue weighted by atomic mass is 10.1. The van der Waals surface area contributed by atoms with E-state index in [1.165, 1.54) is 18.9 Å². The lowest BCUT2D eigenvalue weighted by Crippen LogP contribution is -2.26. The molecule has 0 radical (unpaired) electrons. The van der Waals surface area contributed by atoms with Crippen LogP contribution >= 0.6 is 0 Å². The molecule has 94 valence electrons. The fraction of sp³-hybridized carbons (Fsp3) is 0.357. The van der Waals surface area contributed by atoms with Gasteiger partial charge in [-0.2, -0.15) is 0 Å². The second kappa shape index (κ2) is 4.90. The van der Waals surface area contributed by atoms with Crippen LogP contribution in [0.4, 0.5) is 4.39 Å². The van der Waals surface area contributed by atoms with Gasteiger partial charge in [-0.25, -0.2) is 9.37 Å². The van der Waals surface area contributed by atoms with Gasteiger partial charge >= 0.3 is 0 Å². The average Bonchev–Trinajstić information content (AvgIpc) is 3.01. The minimum Gasteiger partial charge on any atom is -0.329 e. The maximum atomic E-state index is 13.3. The molecule has 1 aliphatic heterocycles. The van der Waals surface area contributed by atoms with Crippen LogP contribution in [0.1, 0.15) is 12.8 Å². The van der Waals surface area contributed by atoms with Gasteiger partial charge in [-0.3, -0.25) is 0 Å². The van der Waals surface area contributed by atoms with Crippen LogP contribution in [0.5, 0.6) is 0 Å². The average molecular weight is 245 g/mol. The summed E-state index contributed by atoms with van der Waals surface area (Å²) in [5.41, 5.74) is 1.86. The van der Waals surface area contributed by atoms with Crippen LogP contribution < -0.4 is 5.32 Å². The minimum atomic E-state index is -0.209. The highest BCUT2D eigenvalue weighted by atomic mass is 19.1. The van der Waals surface area contributed by atoms with Gasteiger partial charge in [-0.1, -0.05) is 12.1 Å². The monoisotopic (exact) mass is 245 g/mol. The van der Waals surface area contributed by atoms with Gasteiger partial charge in [0.2, 0.25) is 0 Å². The van der Waals surface area contributed by atoms with Crippen molar-refractivity contribution in [2.75, 3.05) is 6.54 Å². The zero-order valence-electron chi connectivity index (χ0n) is 10.1. The van der Waals surface area contributed by atoms with E-state index in [4.69, 9.17) is 0 Å². The number of hydrogen-bond donors (Lipinski definition) is 1. The van der Waals surface area contributed by atoms with E-state index in [9.17, 15) is 4.39 Å². The molecule has 1 saturated heterocycles. The van der Waals surface area contributed by atoms with E-state index >= 15 is 0 Å². The SMILES string of the molecule is Fc1cccc(-c2cncn2CC2CCCN2)c1. The van der Waals surface area contributed by atoms with Crippen molar-refractivity contribution in [2.24, 2.45) is 0 Å². The van der Waals surface area contributed by atoms with E-state index in [1.807, 2.05) is 12.4 Å². The zero-order chi connectivity index (χ0) is 12.4. The molecule has 0 spiro atoms. The van der Waals surface area contributed by atoms with Gasteiger partial charge in [-0.05, 0) is 31.5 Å². The van der Waals surface area contributed by atoms with Crippen LogP contribution in [0.15, 0.2) is 36.8 Å². The Hall–Kier alpha value is -1.68. The summed E-state index contributed by atoms with van der Waals surface area (Å²) in [6.45, 7) is 1.99. The minimum absolute atomic E-state index is 0.209. The standard InChI is InChI=1S/C14H16FN3/c15-12-4-1-3-11(7-12)14-8-16-10-18(14)9-13-5-2-6-17-13/h1,3-4,7-8,10,13,17H,2,5-6,9H2.